The number of nitrogens with one attached hydrogen (secondary N) is 2. The molecule has 0 aliphatic heterocycles. The number of amides is 1. The Bertz CT molecular complexity index is 518. The predicted octanol–water partition coefficient (Wildman–Crippen LogP) is 0.325. The summed E-state index contributed by atoms with van der Waals surface area (Å²) in [5.74, 6) is -0.197. The Morgan fingerprint density at radius 3 is 2.53 bits per heavy atom. The molecule has 19 heavy (non-hydrogen) atoms. The predicted molar refractivity (Wildman–Crippen MR) is 70.1 cm³/mol. The molecule has 0 aliphatic rings. The summed E-state index contributed by atoms with van der Waals surface area (Å²) < 4.78 is 25.8. The van der Waals surface area contributed by atoms with Gasteiger partial charge in [0.1, 0.15) is 4.90 Å². The van der Waals surface area contributed by atoms with E-state index in [4.69, 9.17) is 11.6 Å². The number of hydrogen-bond acceptors (Lipinski definition) is 5. The Morgan fingerprint density at radius 2 is 1.95 bits per heavy atom. The second-order valence-corrected chi connectivity index (χ2v) is 5.79. The van der Waals surface area contributed by atoms with Gasteiger partial charge in [0, 0.05) is 19.5 Å². The fourth-order valence-electron chi connectivity index (χ4n) is 1.17. The van der Waals surface area contributed by atoms with E-state index >= 15 is 0 Å². The lowest BCUT2D eigenvalue weighted by Crippen LogP contribution is -2.31. The standard InChI is InChI=1S/C10H15ClN4O3S/c1-2-4-12-9(16)3-5-15-19(17,18)8-6-13-10(11)14-7-8/h6-7,15H,2-5H2,1H3,(H,12,16). The van der Waals surface area contributed by atoms with Gasteiger partial charge in [-0.1, -0.05) is 6.92 Å². The molecule has 1 rings (SSSR count). The van der Waals surface area contributed by atoms with Crippen LogP contribution in [0.1, 0.15) is 19.8 Å². The number of hydrogen-bond donors (Lipinski definition) is 2. The molecule has 1 aromatic rings. The SMILES string of the molecule is CCCNC(=O)CCNS(=O)(=O)c1cnc(Cl)nc1. The van der Waals surface area contributed by atoms with E-state index in [9.17, 15) is 13.2 Å². The minimum atomic E-state index is -3.71. The van der Waals surface area contributed by atoms with Gasteiger partial charge in [0.15, 0.2) is 0 Å². The highest BCUT2D eigenvalue weighted by Gasteiger charge is 2.15. The summed E-state index contributed by atoms with van der Waals surface area (Å²) in [6.07, 6.45) is 3.12. The smallest absolute Gasteiger partial charge is 0.243 e. The fourth-order valence-corrected chi connectivity index (χ4v) is 2.19. The Morgan fingerprint density at radius 1 is 1.32 bits per heavy atom. The van der Waals surface area contributed by atoms with Crippen LogP contribution >= 0.6 is 11.6 Å². The third kappa shape index (κ3) is 5.50. The van der Waals surface area contributed by atoms with Gasteiger partial charge in [-0.3, -0.25) is 4.79 Å². The van der Waals surface area contributed by atoms with Crippen molar-refractivity contribution in [2.45, 2.75) is 24.7 Å². The maximum Gasteiger partial charge on any atom is 0.243 e. The number of carbonyl (C=O) groups is 1. The molecule has 1 aromatic heterocycles. The number of sulfonamides is 1. The first-order valence-corrected chi connectivity index (χ1v) is 7.55. The molecule has 0 radical (unpaired) electrons. The Balaban J connectivity index is 2.47. The van der Waals surface area contributed by atoms with Crippen LogP contribution in [0.2, 0.25) is 5.28 Å². The van der Waals surface area contributed by atoms with E-state index in [2.05, 4.69) is 20.0 Å². The maximum absolute atomic E-state index is 11.8. The summed E-state index contributed by atoms with van der Waals surface area (Å²) in [5, 5.41) is 2.62. The van der Waals surface area contributed by atoms with E-state index in [1.165, 1.54) is 0 Å². The van der Waals surface area contributed by atoms with Crippen LogP contribution in [0, 0.1) is 0 Å². The number of rotatable bonds is 7. The van der Waals surface area contributed by atoms with E-state index in [1.807, 2.05) is 6.92 Å². The lowest BCUT2D eigenvalue weighted by Gasteiger charge is -2.06. The minimum absolute atomic E-state index is 0.0144. The van der Waals surface area contributed by atoms with Crippen LogP contribution in [0.25, 0.3) is 0 Å². The summed E-state index contributed by atoms with van der Waals surface area (Å²) in [6, 6.07) is 0. The van der Waals surface area contributed by atoms with E-state index in [0.29, 0.717) is 6.54 Å². The van der Waals surface area contributed by atoms with Crippen LogP contribution in [0.15, 0.2) is 17.3 Å². The van der Waals surface area contributed by atoms with Crippen LogP contribution in [-0.2, 0) is 14.8 Å². The Hall–Kier alpha value is -1.25. The second kappa shape index (κ2) is 7.37. The van der Waals surface area contributed by atoms with Gasteiger partial charge >= 0.3 is 0 Å². The summed E-state index contributed by atoms with van der Waals surface area (Å²) in [5.41, 5.74) is 0. The molecule has 0 atom stereocenters. The molecule has 0 fully saturated rings. The number of nitrogens with zero attached hydrogens (tertiary/aromatic N) is 2. The zero-order valence-electron chi connectivity index (χ0n) is 10.4. The second-order valence-electron chi connectivity index (χ2n) is 3.69. The first-order chi connectivity index (χ1) is 8.95. The van der Waals surface area contributed by atoms with Gasteiger partial charge in [-0.2, -0.15) is 0 Å². The monoisotopic (exact) mass is 306 g/mol. The molecule has 1 heterocycles. The summed E-state index contributed by atoms with van der Waals surface area (Å²) >= 11 is 5.47. The normalized spacial score (nSPS) is 11.3. The lowest BCUT2D eigenvalue weighted by atomic mass is 10.4. The van der Waals surface area contributed by atoms with Gasteiger partial charge in [-0.15, -0.1) is 0 Å². The highest BCUT2D eigenvalue weighted by atomic mass is 35.5. The Kier molecular flexibility index (Phi) is 6.13. The fraction of sp³-hybridized carbons (Fsp3) is 0.500. The van der Waals surface area contributed by atoms with E-state index in [-0.39, 0.29) is 29.1 Å². The van der Waals surface area contributed by atoms with Gasteiger partial charge in [0.2, 0.25) is 21.2 Å². The summed E-state index contributed by atoms with van der Waals surface area (Å²) in [6.45, 7) is 2.53. The third-order valence-electron chi connectivity index (χ3n) is 2.12. The van der Waals surface area contributed by atoms with Crippen molar-refractivity contribution in [3.05, 3.63) is 17.7 Å². The zero-order chi connectivity index (χ0) is 14.3. The summed E-state index contributed by atoms with van der Waals surface area (Å²) in [7, 11) is -3.71. The molecule has 9 heteroatoms. The van der Waals surface area contributed by atoms with Crippen LogP contribution in [0.3, 0.4) is 0 Å². The largest absolute Gasteiger partial charge is 0.356 e. The van der Waals surface area contributed by atoms with Gasteiger partial charge in [0.05, 0.1) is 12.4 Å². The highest BCUT2D eigenvalue weighted by molar-refractivity contribution is 7.89. The van der Waals surface area contributed by atoms with Crippen LogP contribution in [0.5, 0.6) is 0 Å². The van der Waals surface area contributed by atoms with Gasteiger partial charge < -0.3 is 5.32 Å². The van der Waals surface area contributed by atoms with Crippen molar-refractivity contribution < 1.29 is 13.2 Å². The average molecular weight is 307 g/mol. The highest BCUT2D eigenvalue weighted by Crippen LogP contribution is 2.07. The first-order valence-electron chi connectivity index (χ1n) is 5.69. The molecule has 2 N–H and O–H groups in total. The number of halogens is 1. The van der Waals surface area contributed by atoms with Crippen molar-refractivity contribution in [3.63, 3.8) is 0 Å². The van der Waals surface area contributed by atoms with Crippen LogP contribution in [0.4, 0.5) is 0 Å². The van der Waals surface area contributed by atoms with E-state index in [1.54, 1.807) is 0 Å². The lowest BCUT2D eigenvalue weighted by molar-refractivity contribution is -0.120. The molecular weight excluding hydrogens is 292 g/mol. The van der Waals surface area contributed by atoms with E-state index < -0.39 is 10.0 Å². The summed E-state index contributed by atoms with van der Waals surface area (Å²) in [4.78, 5) is 18.4. The van der Waals surface area contributed by atoms with Crippen LogP contribution < -0.4 is 10.0 Å². The average Bonchev–Trinajstić information content (AvgIpc) is 2.36. The third-order valence-corrected chi connectivity index (χ3v) is 3.73. The molecule has 0 unspecified atom stereocenters. The van der Waals surface area contributed by atoms with Crippen molar-refractivity contribution in [2.24, 2.45) is 0 Å². The molecule has 1 amide bonds. The Labute approximate surface area is 116 Å². The molecular formula is C10H15ClN4O3S. The molecule has 0 saturated carbocycles. The first kappa shape index (κ1) is 15.8. The molecule has 7 nitrogen and oxygen atoms in total. The molecule has 0 spiro atoms. The molecule has 106 valence electrons. The van der Waals surface area contributed by atoms with Gasteiger partial charge in [-0.05, 0) is 18.0 Å². The van der Waals surface area contributed by atoms with Crippen molar-refractivity contribution in [1.82, 2.24) is 20.0 Å². The molecule has 0 aliphatic carbocycles. The molecule has 0 aromatic carbocycles. The maximum atomic E-state index is 11.8. The quantitative estimate of drug-likeness (QED) is 0.707. The van der Waals surface area contributed by atoms with Crippen molar-refractivity contribution in [3.8, 4) is 0 Å². The zero-order valence-corrected chi connectivity index (χ0v) is 12.0. The van der Waals surface area contributed by atoms with Crippen molar-refractivity contribution >= 4 is 27.5 Å². The van der Waals surface area contributed by atoms with Gasteiger partial charge in [-0.25, -0.2) is 23.1 Å². The molecule has 0 bridgehead atoms. The van der Waals surface area contributed by atoms with E-state index in [0.717, 1.165) is 18.8 Å². The number of aromatic nitrogens is 2. The number of carbonyl (C=O) groups excluding carboxylic acids is 1. The van der Waals surface area contributed by atoms with Gasteiger partial charge in [0.25, 0.3) is 0 Å². The minimum Gasteiger partial charge on any atom is -0.356 e. The topological polar surface area (TPSA) is 101 Å². The van der Waals surface area contributed by atoms with Crippen molar-refractivity contribution in [2.75, 3.05) is 13.1 Å². The van der Waals surface area contributed by atoms with Crippen LogP contribution in [-0.4, -0.2) is 37.4 Å². The molecule has 0 saturated heterocycles. The van der Waals surface area contributed by atoms with Crippen molar-refractivity contribution in [1.29, 1.82) is 0 Å².